The smallest absolute Gasteiger partial charge is 0.191 e. The van der Waals surface area contributed by atoms with Gasteiger partial charge in [-0.05, 0) is 58.8 Å². The molecule has 0 amide bonds. The molecule has 0 bridgehead atoms. The van der Waals surface area contributed by atoms with Crippen LogP contribution < -0.4 is 10.6 Å². The first-order valence-electron chi connectivity index (χ1n) is 9.89. The minimum absolute atomic E-state index is 0. The summed E-state index contributed by atoms with van der Waals surface area (Å²) >= 11 is 0. The van der Waals surface area contributed by atoms with Crippen LogP contribution >= 0.6 is 24.0 Å². The van der Waals surface area contributed by atoms with Gasteiger partial charge in [-0.2, -0.15) is 0 Å². The Morgan fingerprint density at radius 2 is 2.04 bits per heavy atom. The van der Waals surface area contributed by atoms with Gasteiger partial charge >= 0.3 is 0 Å². The Kier molecular flexibility index (Phi) is 10.7. The van der Waals surface area contributed by atoms with Gasteiger partial charge in [-0.15, -0.1) is 24.0 Å². The van der Waals surface area contributed by atoms with Gasteiger partial charge in [0.25, 0.3) is 0 Å². The van der Waals surface area contributed by atoms with Crippen molar-refractivity contribution in [1.82, 2.24) is 15.5 Å². The molecule has 2 unspecified atom stereocenters. The first kappa shape index (κ1) is 24.2. The molecule has 0 aromatic carbocycles. The second-order valence-electron chi connectivity index (χ2n) is 7.76. The molecule has 7 heteroatoms. The van der Waals surface area contributed by atoms with Crippen molar-refractivity contribution >= 4 is 29.9 Å². The molecule has 1 fully saturated rings. The summed E-state index contributed by atoms with van der Waals surface area (Å²) in [4.78, 5) is 6.91. The van der Waals surface area contributed by atoms with E-state index >= 15 is 0 Å². The monoisotopic (exact) mass is 492 g/mol. The summed E-state index contributed by atoms with van der Waals surface area (Å²) in [6, 6.07) is 4.05. The van der Waals surface area contributed by atoms with E-state index < -0.39 is 5.60 Å². The molecular formula is C20H37IN4O2. The molecule has 0 aliphatic heterocycles. The lowest BCUT2D eigenvalue weighted by Gasteiger charge is -2.35. The third-order valence-electron chi connectivity index (χ3n) is 5.28. The van der Waals surface area contributed by atoms with Crippen LogP contribution in [0.1, 0.15) is 51.7 Å². The highest BCUT2D eigenvalue weighted by molar-refractivity contribution is 14.0. The lowest BCUT2D eigenvalue weighted by Crippen LogP contribution is -2.48. The molecule has 2 rings (SSSR count). The van der Waals surface area contributed by atoms with Crippen LogP contribution in [0.4, 0.5) is 0 Å². The molecule has 3 N–H and O–H groups in total. The molecule has 1 aromatic heterocycles. The molecule has 0 saturated heterocycles. The second kappa shape index (κ2) is 11.9. The topological polar surface area (TPSA) is 73.0 Å². The Morgan fingerprint density at radius 3 is 2.59 bits per heavy atom. The largest absolute Gasteiger partial charge is 0.466 e. The van der Waals surface area contributed by atoms with Gasteiger partial charge in [0.05, 0.1) is 12.8 Å². The SMILES string of the molecule is CCNC(=NCC(C)(O)c1ccco1)NCC(C1CCCCC1)N(C)C.I. The van der Waals surface area contributed by atoms with Crippen LogP contribution in [0.5, 0.6) is 0 Å². The number of furan rings is 1. The number of hydrogen-bond donors (Lipinski definition) is 3. The van der Waals surface area contributed by atoms with Crippen molar-refractivity contribution in [2.24, 2.45) is 10.9 Å². The maximum absolute atomic E-state index is 10.6. The molecule has 6 nitrogen and oxygen atoms in total. The molecule has 0 radical (unpaired) electrons. The van der Waals surface area contributed by atoms with Gasteiger partial charge in [0, 0.05) is 19.1 Å². The fourth-order valence-electron chi connectivity index (χ4n) is 3.73. The number of guanidine groups is 1. The molecule has 1 saturated carbocycles. The van der Waals surface area contributed by atoms with Crippen molar-refractivity contribution in [3.63, 3.8) is 0 Å². The normalized spacial score (nSPS) is 19.3. The molecule has 2 atom stereocenters. The Morgan fingerprint density at radius 1 is 1.33 bits per heavy atom. The first-order chi connectivity index (χ1) is 12.4. The molecular weight excluding hydrogens is 455 g/mol. The number of halogens is 1. The van der Waals surface area contributed by atoms with Gasteiger partial charge in [-0.1, -0.05) is 19.3 Å². The summed E-state index contributed by atoms with van der Waals surface area (Å²) in [6.45, 7) is 5.65. The van der Waals surface area contributed by atoms with E-state index in [1.54, 1.807) is 25.3 Å². The van der Waals surface area contributed by atoms with Crippen LogP contribution in [0.15, 0.2) is 27.8 Å². The first-order valence-corrected chi connectivity index (χ1v) is 9.89. The van der Waals surface area contributed by atoms with Crippen LogP contribution in [0.25, 0.3) is 0 Å². The summed E-state index contributed by atoms with van der Waals surface area (Å²) in [5.41, 5.74) is -1.11. The van der Waals surface area contributed by atoms with Crippen LogP contribution in [0.2, 0.25) is 0 Å². The predicted molar refractivity (Wildman–Crippen MR) is 122 cm³/mol. The standard InChI is InChI=1S/C20H36N4O2.HI/c1-5-21-19(23-15-20(2,25)18-12-9-13-26-18)22-14-17(24(3)4)16-10-7-6-8-11-16;/h9,12-13,16-17,25H,5-8,10-11,14-15H2,1-4H3,(H2,21,22,23);1H. The Hall–Kier alpha value is -0.800. The zero-order valence-electron chi connectivity index (χ0n) is 17.2. The van der Waals surface area contributed by atoms with E-state index in [0.717, 1.165) is 25.0 Å². The van der Waals surface area contributed by atoms with Crippen LogP contribution in [0, 0.1) is 5.92 Å². The highest BCUT2D eigenvalue weighted by Gasteiger charge is 2.27. The number of aliphatic imine (C=N–C) groups is 1. The fraction of sp³-hybridized carbons (Fsp3) is 0.750. The minimum atomic E-state index is -1.11. The Bertz CT molecular complexity index is 540. The van der Waals surface area contributed by atoms with Crippen molar-refractivity contribution in [3.8, 4) is 0 Å². The van der Waals surface area contributed by atoms with Crippen molar-refractivity contribution in [3.05, 3.63) is 24.2 Å². The summed E-state index contributed by atoms with van der Waals surface area (Å²) < 4.78 is 5.33. The fourth-order valence-corrected chi connectivity index (χ4v) is 3.73. The van der Waals surface area contributed by atoms with Gasteiger partial charge in [-0.3, -0.25) is 0 Å². The molecule has 1 aliphatic rings. The minimum Gasteiger partial charge on any atom is -0.466 e. The number of rotatable bonds is 8. The van der Waals surface area contributed by atoms with Crippen molar-refractivity contribution < 1.29 is 9.52 Å². The van der Waals surface area contributed by atoms with E-state index in [9.17, 15) is 5.11 Å². The quantitative estimate of drug-likeness (QED) is 0.296. The van der Waals surface area contributed by atoms with E-state index in [-0.39, 0.29) is 30.5 Å². The number of aliphatic hydroxyl groups is 1. The number of nitrogens with one attached hydrogen (secondary N) is 2. The third kappa shape index (κ3) is 7.62. The van der Waals surface area contributed by atoms with Gasteiger partial charge in [0.1, 0.15) is 11.4 Å². The molecule has 0 spiro atoms. The van der Waals surface area contributed by atoms with E-state index in [0.29, 0.717) is 11.8 Å². The Balaban J connectivity index is 0.00000364. The van der Waals surface area contributed by atoms with Crippen LogP contribution in [0.3, 0.4) is 0 Å². The van der Waals surface area contributed by atoms with Gasteiger partial charge in [0.2, 0.25) is 0 Å². The molecule has 1 aliphatic carbocycles. The highest BCUT2D eigenvalue weighted by Crippen LogP contribution is 2.28. The van der Waals surface area contributed by atoms with Gasteiger partial charge in [-0.25, -0.2) is 4.99 Å². The average Bonchev–Trinajstić information content (AvgIpc) is 3.16. The summed E-state index contributed by atoms with van der Waals surface area (Å²) in [5, 5.41) is 17.3. The zero-order chi connectivity index (χ0) is 19.0. The maximum Gasteiger partial charge on any atom is 0.191 e. The van der Waals surface area contributed by atoms with Gasteiger partial charge in [0.15, 0.2) is 5.96 Å². The number of hydrogen-bond acceptors (Lipinski definition) is 4. The maximum atomic E-state index is 10.6. The average molecular weight is 492 g/mol. The predicted octanol–water partition coefficient (Wildman–Crippen LogP) is 3.17. The lowest BCUT2D eigenvalue weighted by atomic mass is 9.83. The number of nitrogens with zero attached hydrogens (tertiary/aromatic N) is 2. The summed E-state index contributed by atoms with van der Waals surface area (Å²) in [5.74, 6) is 2.01. The van der Waals surface area contributed by atoms with Crippen LogP contribution in [-0.4, -0.2) is 55.7 Å². The molecule has 1 aromatic rings. The van der Waals surface area contributed by atoms with E-state index in [1.807, 2.05) is 6.92 Å². The summed E-state index contributed by atoms with van der Waals surface area (Å²) in [6.07, 6.45) is 8.25. The van der Waals surface area contributed by atoms with Crippen molar-refractivity contribution in [2.75, 3.05) is 33.7 Å². The number of likely N-dealkylation sites (N-methyl/N-ethyl adjacent to an activating group) is 1. The molecule has 156 valence electrons. The van der Waals surface area contributed by atoms with Crippen molar-refractivity contribution in [2.45, 2.75) is 57.6 Å². The Labute approximate surface area is 181 Å². The van der Waals surface area contributed by atoms with Crippen LogP contribution in [-0.2, 0) is 5.60 Å². The van der Waals surface area contributed by atoms with E-state index in [4.69, 9.17) is 4.42 Å². The second-order valence-corrected chi connectivity index (χ2v) is 7.76. The van der Waals surface area contributed by atoms with E-state index in [2.05, 4.69) is 34.6 Å². The van der Waals surface area contributed by atoms with Crippen molar-refractivity contribution in [1.29, 1.82) is 0 Å². The highest BCUT2D eigenvalue weighted by atomic mass is 127. The van der Waals surface area contributed by atoms with E-state index in [1.165, 1.54) is 32.1 Å². The summed E-state index contributed by atoms with van der Waals surface area (Å²) in [7, 11) is 4.32. The lowest BCUT2D eigenvalue weighted by molar-refractivity contribution is 0.0436. The molecule has 27 heavy (non-hydrogen) atoms. The molecule has 1 heterocycles. The van der Waals surface area contributed by atoms with Gasteiger partial charge < -0.3 is 25.1 Å². The zero-order valence-corrected chi connectivity index (χ0v) is 19.5. The third-order valence-corrected chi connectivity index (χ3v) is 5.28.